The summed E-state index contributed by atoms with van der Waals surface area (Å²) in [4.78, 5) is 8.77. The highest BCUT2D eigenvalue weighted by Crippen LogP contribution is 2.20. The predicted octanol–water partition coefficient (Wildman–Crippen LogP) is 2.50. The van der Waals surface area contributed by atoms with Gasteiger partial charge in [-0.1, -0.05) is 0 Å². The molecule has 0 bridgehead atoms. The number of nitrogens with two attached hydrogens (primary N) is 1. The van der Waals surface area contributed by atoms with Crippen LogP contribution in [0.15, 0.2) is 23.6 Å². The van der Waals surface area contributed by atoms with Crippen LogP contribution in [0, 0.1) is 18.3 Å². The fourth-order valence-electron chi connectivity index (χ4n) is 2.17. The minimum Gasteiger partial charge on any atom is -0.369 e. The van der Waals surface area contributed by atoms with Crippen molar-refractivity contribution in [2.45, 2.75) is 19.9 Å². The van der Waals surface area contributed by atoms with E-state index in [1.807, 2.05) is 29.0 Å². The quantitative estimate of drug-likeness (QED) is 0.800. The summed E-state index contributed by atoms with van der Waals surface area (Å²) in [5.41, 5.74) is 9.34. The van der Waals surface area contributed by atoms with Gasteiger partial charge in [-0.2, -0.15) is 5.26 Å². The van der Waals surface area contributed by atoms with Gasteiger partial charge in [-0.05, 0) is 25.1 Å². The van der Waals surface area contributed by atoms with Crippen LogP contribution in [0.1, 0.15) is 16.3 Å². The number of anilines is 1. The van der Waals surface area contributed by atoms with Gasteiger partial charge in [0.1, 0.15) is 0 Å². The van der Waals surface area contributed by atoms with E-state index in [1.165, 1.54) is 0 Å². The van der Waals surface area contributed by atoms with Crippen LogP contribution in [0.2, 0.25) is 0 Å². The number of thiazole rings is 1. The summed E-state index contributed by atoms with van der Waals surface area (Å²) in [6.45, 7) is 2.70. The van der Waals surface area contributed by atoms with Crippen molar-refractivity contribution in [3.63, 3.8) is 0 Å². The highest BCUT2D eigenvalue weighted by atomic mass is 32.1. The number of hydrogen-bond acceptors (Lipinski definition) is 5. The summed E-state index contributed by atoms with van der Waals surface area (Å²) in [6.07, 6.45) is 0.810. The van der Waals surface area contributed by atoms with E-state index in [4.69, 9.17) is 11.0 Å². The largest absolute Gasteiger partial charge is 0.369 e. The van der Waals surface area contributed by atoms with E-state index in [2.05, 4.69) is 16.0 Å². The Morgan fingerprint density at radius 2 is 2.25 bits per heavy atom. The van der Waals surface area contributed by atoms with E-state index in [-0.39, 0.29) is 0 Å². The monoisotopic (exact) mass is 283 g/mol. The Morgan fingerprint density at radius 1 is 1.40 bits per heavy atom. The SMILES string of the molecule is Cc1csc(CCn2c(N)nc3ccc(C#N)cc32)n1. The number of nitrogen functional groups attached to an aromatic ring is 1. The first kappa shape index (κ1) is 12.6. The minimum atomic E-state index is 0.475. The van der Waals surface area contributed by atoms with Crippen molar-refractivity contribution in [3.05, 3.63) is 39.8 Å². The lowest BCUT2D eigenvalue weighted by atomic mass is 10.2. The zero-order chi connectivity index (χ0) is 14.1. The van der Waals surface area contributed by atoms with Gasteiger partial charge in [-0.15, -0.1) is 11.3 Å². The van der Waals surface area contributed by atoms with E-state index < -0.39 is 0 Å². The number of rotatable bonds is 3. The average Bonchev–Trinajstić information content (AvgIpc) is 2.98. The molecule has 2 N–H and O–H groups in total. The first-order chi connectivity index (χ1) is 9.67. The van der Waals surface area contributed by atoms with E-state index in [0.29, 0.717) is 18.1 Å². The number of fused-ring (bicyclic) bond motifs is 1. The molecule has 3 aromatic rings. The molecule has 100 valence electrons. The molecule has 0 fully saturated rings. The number of hydrogen-bond donors (Lipinski definition) is 1. The minimum absolute atomic E-state index is 0.475. The van der Waals surface area contributed by atoms with Crippen molar-refractivity contribution >= 4 is 28.3 Å². The summed E-state index contributed by atoms with van der Waals surface area (Å²) < 4.78 is 1.94. The molecule has 3 rings (SSSR count). The molecule has 0 saturated carbocycles. The molecule has 6 heteroatoms. The molecule has 20 heavy (non-hydrogen) atoms. The molecule has 0 spiro atoms. The second-order valence-corrected chi connectivity index (χ2v) is 5.51. The molecule has 0 atom stereocenters. The number of aromatic nitrogens is 3. The molecule has 0 aliphatic carbocycles. The first-order valence-corrected chi connectivity index (χ1v) is 7.12. The highest BCUT2D eigenvalue weighted by molar-refractivity contribution is 7.09. The normalized spacial score (nSPS) is 10.8. The van der Waals surface area contributed by atoms with Crippen molar-refractivity contribution in [2.24, 2.45) is 0 Å². The van der Waals surface area contributed by atoms with Gasteiger partial charge in [-0.25, -0.2) is 9.97 Å². The number of imidazole rings is 1. The molecule has 0 saturated heterocycles. The second kappa shape index (κ2) is 4.94. The van der Waals surface area contributed by atoms with Gasteiger partial charge >= 0.3 is 0 Å². The lowest BCUT2D eigenvalue weighted by molar-refractivity contribution is 0.721. The van der Waals surface area contributed by atoms with Gasteiger partial charge < -0.3 is 10.3 Å². The van der Waals surface area contributed by atoms with Crippen LogP contribution in [0.4, 0.5) is 5.95 Å². The molecule has 0 unspecified atom stereocenters. The molecular formula is C14H13N5S. The van der Waals surface area contributed by atoms with Gasteiger partial charge in [-0.3, -0.25) is 0 Å². The van der Waals surface area contributed by atoms with Crippen molar-refractivity contribution in [2.75, 3.05) is 5.73 Å². The number of aryl methyl sites for hydroxylation is 3. The van der Waals surface area contributed by atoms with Crippen LogP contribution in [0.5, 0.6) is 0 Å². The average molecular weight is 283 g/mol. The second-order valence-electron chi connectivity index (χ2n) is 4.57. The maximum atomic E-state index is 8.99. The van der Waals surface area contributed by atoms with Crippen LogP contribution in [-0.2, 0) is 13.0 Å². The van der Waals surface area contributed by atoms with Gasteiger partial charge in [0.15, 0.2) is 0 Å². The first-order valence-electron chi connectivity index (χ1n) is 6.24. The lowest BCUT2D eigenvalue weighted by Gasteiger charge is -2.04. The van der Waals surface area contributed by atoms with Crippen LogP contribution >= 0.6 is 11.3 Å². The van der Waals surface area contributed by atoms with Crippen molar-refractivity contribution in [3.8, 4) is 6.07 Å². The summed E-state index contributed by atoms with van der Waals surface area (Å²) >= 11 is 1.65. The molecule has 0 aliphatic heterocycles. The van der Waals surface area contributed by atoms with E-state index >= 15 is 0 Å². The summed E-state index contributed by atoms with van der Waals surface area (Å²) in [6, 6.07) is 7.55. The molecular weight excluding hydrogens is 270 g/mol. The van der Waals surface area contributed by atoms with Gasteiger partial charge in [0.05, 0.1) is 27.7 Å². The highest BCUT2D eigenvalue weighted by Gasteiger charge is 2.09. The fraction of sp³-hybridized carbons (Fsp3) is 0.214. The number of benzene rings is 1. The Bertz CT molecular complexity index is 809. The Hall–Kier alpha value is -2.39. The van der Waals surface area contributed by atoms with E-state index in [0.717, 1.165) is 28.2 Å². The van der Waals surface area contributed by atoms with E-state index in [9.17, 15) is 0 Å². The predicted molar refractivity (Wildman–Crippen MR) is 79.4 cm³/mol. The van der Waals surface area contributed by atoms with Gasteiger partial charge in [0, 0.05) is 24.0 Å². The lowest BCUT2D eigenvalue weighted by Crippen LogP contribution is -2.05. The van der Waals surface area contributed by atoms with Crippen molar-refractivity contribution < 1.29 is 0 Å². The fourth-order valence-corrected chi connectivity index (χ4v) is 2.94. The van der Waals surface area contributed by atoms with Crippen LogP contribution in [0.3, 0.4) is 0 Å². The topological polar surface area (TPSA) is 80.5 Å². The van der Waals surface area contributed by atoms with E-state index in [1.54, 1.807) is 17.4 Å². The number of nitrogens with zero attached hydrogens (tertiary/aromatic N) is 4. The zero-order valence-electron chi connectivity index (χ0n) is 11.0. The van der Waals surface area contributed by atoms with Gasteiger partial charge in [0.2, 0.25) is 5.95 Å². The van der Waals surface area contributed by atoms with Crippen molar-refractivity contribution in [1.82, 2.24) is 14.5 Å². The third kappa shape index (κ3) is 2.24. The molecule has 1 aromatic carbocycles. The summed E-state index contributed by atoms with van der Waals surface area (Å²) in [5.74, 6) is 0.475. The van der Waals surface area contributed by atoms with Crippen LogP contribution < -0.4 is 5.73 Å². The van der Waals surface area contributed by atoms with Crippen LogP contribution in [-0.4, -0.2) is 14.5 Å². The molecule has 0 aliphatic rings. The Kier molecular flexibility index (Phi) is 3.12. The Labute approximate surface area is 120 Å². The van der Waals surface area contributed by atoms with Crippen molar-refractivity contribution in [1.29, 1.82) is 5.26 Å². The molecule has 2 heterocycles. The number of nitriles is 1. The maximum absolute atomic E-state index is 8.99. The maximum Gasteiger partial charge on any atom is 0.201 e. The third-order valence-electron chi connectivity index (χ3n) is 3.12. The Balaban J connectivity index is 1.94. The summed E-state index contributed by atoms with van der Waals surface area (Å²) in [5, 5.41) is 12.1. The molecule has 2 aromatic heterocycles. The molecule has 0 radical (unpaired) electrons. The zero-order valence-corrected chi connectivity index (χ0v) is 11.8. The third-order valence-corrected chi connectivity index (χ3v) is 4.15. The standard InChI is InChI=1S/C14H13N5S/c1-9-8-20-13(17-9)4-5-19-12-6-10(7-15)2-3-11(12)18-14(19)16/h2-3,6,8H,4-5H2,1H3,(H2,16,18). The smallest absolute Gasteiger partial charge is 0.201 e. The Morgan fingerprint density at radius 3 is 2.95 bits per heavy atom. The summed E-state index contributed by atoms with van der Waals surface area (Å²) in [7, 11) is 0. The molecule has 5 nitrogen and oxygen atoms in total. The van der Waals surface area contributed by atoms with Gasteiger partial charge in [0.25, 0.3) is 0 Å². The molecule has 0 amide bonds. The van der Waals surface area contributed by atoms with Crippen LogP contribution in [0.25, 0.3) is 11.0 Å².